The number of para-hydroxylation sites is 2. The zero-order valence-corrected chi connectivity index (χ0v) is 15.6. The van der Waals surface area contributed by atoms with Crippen LogP contribution < -0.4 is 13.9 Å². The first-order valence-electron chi connectivity index (χ1n) is 7.64. The van der Waals surface area contributed by atoms with E-state index >= 15 is 0 Å². The number of nitrogens with one attached hydrogen (secondary N) is 1. The highest BCUT2D eigenvalue weighted by atomic mass is 32.2. The standard InChI is InChI=1S/C17H21N3O2S.H2S/c1-18-13-12-15(14-8-4-3-5-9-14)20-17-11-7-6-10-16(17)19(2)23(20,21)22;/h3-11,15,18H,12-13H2,1-2H3;1H2/t15-;/m0./s1. The predicted molar refractivity (Wildman–Crippen MR) is 104 cm³/mol. The molecule has 0 fully saturated rings. The second kappa shape index (κ2) is 7.46. The Hall–Kier alpha value is -1.70. The molecule has 1 heterocycles. The van der Waals surface area contributed by atoms with E-state index in [0.717, 1.165) is 23.5 Å². The van der Waals surface area contributed by atoms with Crippen LogP contribution in [0.4, 0.5) is 11.4 Å². The quantitative estimate of drug-likeness (QED) is 0.886. The Morgan fingerprint density at radius 1 is 1.00 bits per heavy atom. The molecule has 0 spiro atoms. The maximum atomic E-state index is 13.0. The molecule has 3 rings (SSSR count). The average Bonchev–Trinajstić information content (AvgIpc) is 2.77. The molecule has 2 aromatic rings. The Kier molecular flexibility index (Phi) is 5.79. The summed E-state index contributed by atoms with van der Waals surface area (Å²) in [4.78, 5) is 0. The number of anilines is 2. The third kappa shape index (κ3) is 3.11. The third-order valence-corrected chi connectivity index (χ3v) is 6.03. The zero-order chi connectivity index (χ0) is 16.4. The van der Waals surface area contributed by atoms with E-state index in [1.807, 2.05) is 61.6 Å². The number of benzene rings is 2. The topological polar surface area (TPSA) is 52.6 Å². The van der Waals surface area contributed by atoms with Crippen LogP contribution in [-0.2, 0) is 10.2 Å². The average molecular weight is 366 g/mol. The van der Waals surface area contributed by atoms with Crippen LogP contribution in [-0.4, -0.2) is 29.1 Å². The molecular weight excluding hydrogens is 342 g/mol. The summed E-state index contributed by atoms with van der Waals surface area (Å²) >= 11 is 0. The van der Waals surface area contributed by atoms with Crippen LogP contribution in [0.3, 0.4) is 0 Å². The van der Waals surface area contributed by atoms with Crippen molar-refractivity contribution in [2.24, 2.45) is 0 Å². The third-order valence-electron chi connectivity index (χ3n) is 4.19. The predicted octanol–water partition coefficient (Wildman–Crippen LogP) is 2.65. The molecule has 1 N–H and O–H groups in total. The highest BCUT2D eigenvalue weighted by Crippen LogP contribution is 2.45. The van der Waals surface area contributed by atoms with Crippen LogP contribution >= 0.6 is 13.5 Å². The van der Waals surface area contributed by atoms with Gasteiger partial charge in [-0.2, -0.15) is 21.9 Å². The monoisotopic (exact) mass is 365 g/mol. The Labute approximate surface area is 150 Å². The van der Waals surface area contributed by atoms with Crippen molar-refractivity contribution in [3.05, 3.63) is 60.2 Å². The van der Waals surface area contributed by atoms with Gasteiger partial charge in [-0.1, -0.05) is 42.5 Å². The molecule has 1 aliphatic heterocycles. The van der Waals surface area contributed by atoms with Crippen LogP contribution in [0, 0.1) is 0 Å². The molecule has 0 saturated heterocycles. The van der Waals surface area contributed by atoms with Gasteiger partial charge in [0, 0.05) is 7.05 Å². The molecule has 2 aromatic carbocycles. The van der Waals surface area contributed by atoms with Crippen molar-refractivity contribution in [3.8, 4) is 0 Å². The highest BCUT2D eigenvalue weighted by Gasteiger charge is 2.42. The molecule has 0 amide bonds. The van der Waals surface area contributed by atoms with Crippen LogP contribution in [0.25, 0.3) is 0 Å². The van der Waals surface area contributed by atoms with Gasteiger partial charge in [-0.05, 0) is 37.7 Å². The van der Waals surface area contributed by atoms with Gasteiger partial charge in [-0.15, -0.1) is 0 Å². The lowest BCUT2D eigenvalue weighted by Gasteiger charge is -2.29. The maximum absolute atomic E-state index is 13.0. The lowest BCUT2D eigenvalue weighted by Crippen LogP contribution is -2.39. The lowest BCUT2D eigenvalue weighted by molar-refractivity contribution is 0.564. The summed E-state index contributed by atoms with van der Waals surface area (Å²) < 4.78 is 28.8. The summed E-state index contributed by atoms with van der Waals surface area (Å²) in [5.74, 6) is 0. The van der Waals surface area contributed by atoms with E-state index in [9.17, 15) is 8.42 Å². The Bertz CT molecular complexity index is 781. The molecule has 7 heteroatoms. The molecule has 0 bridgehead atoms. The van der Waals surface area contributed by atoms with E-state index in [1.165, 1.54) is 4.31 Å². The van der Waals surface area contributed by atoms with E-state index in [2.05, 4.69) is 5.32 Å². The second-order valence-corrected chi connectivity index (χ2v) is 7.42. The molecule has 1 atom stereocenters. The van der Waals surface area contributed by atoms with Gasteiger partial charge in [-0.25, -0.2) is 4.31 Å². The van der Waals surface area contributed by atoms with Gasteiger partial charge in [0.1, 0.15) is 0 Å². The molecule has 5 nitrogen and oxygen atoms in total. The molecule has 1 aliphatic rings. The molecule has 0 aliphatic carbocycles. The summed E-state index contributed by atoms with van der Waals surface area (Å²) in [5.41, 5.74) is 2.45. The van der Waals surface area contributed by atoms with Crippen molar-refractivity contribution in [1.82, 2.24) is 5.32 Å². The number of hydrogen-bond donors (Lipinski definition) is 1. The number of nitrogens with zero attached hydrogens (tertiary/aromatic N) is 2. The minimum Gasteiger partial charge on any atom is -0.320 e. The van der Waals surface area contributed by atoms with Crippen LogP contribution in [0.5, 0.6) is 0 Å². The summed E-state index contributed by atoms with van der Waals surface area (Å²) in [6, 6.07) is 17.0. The molecule has 0 aromatic heterocycles. The van der Waals surface area contributed by atoms with Crippen molar-refractivity contribution >= 4 is 35.1 Å². The molecule has 0 unspecified atom stereocenters. The minimum absolute atomic E-state index is 0. The highest BCUT2D eigenvalue weighted by molar-refractivity contribution is 7.94. The Balaban J connectivity index is 0.00000208. The van der Waals surface area contributed by atoms with Crippen molar-refractivity contribution in [3.63, 3.8) is 0 Å². The van der Waals surface area contributed by atoms with E-state index in [1.54, 1.807) is 11.4 Å². The van der Waals surface area contributed by atoms with Gasteiger partial charge in [0.25, 0.3) is 0 Å². The molecular formula is C17H23N3O2S2. The Morgan fingerprint density at radius 3 is 2.21 bits per heavy atom. The first kappa shape index (κ1) is 18.6. The summed E-state index contributed by atoms with van der Waals surface area (Å²) in [6.45, 7) is 0.734. The summed E-state index contributed by atoms with van der Waals surface area (Å²) in [5, 5.41) is 3.12. The largest absolute Gasteiger partial charge is 0.326 e. The van der Waals surface area contributed by atoms with Crippen molar-refractivity contribution in [2.45, 2.75) is 12.5 Å². The van der Waals surface area contributed by atoms with E-state index in [4.69, 9.17) is 0 Å². The normalized spacial score (nSPS) is 16.4. The van der Waals surface area contributed by atoms with Crippen molar-refractivity contribution in [2.75, 3.05) is 29.3 Å². The van der Waals surface area contributed by atoms with Crippen LogP contribution in [0.1, 0.15) is 18.0 Å². The van der Waals surface area contributed by atoms with Crippen molar-refractivity contribution < 1.29 is 8.42 Å². The van der Waals surface area contributed by atoms with Crippen LogP contribution in [0.2, 0.25) is 0 Å². The number of rotatable bonds is 5. The second-order valence-electron chi connectivity index (χ2n) is 5.58. The van der Waals surface area contributed by atoms with E-state index in [-0.39, 0.29) is 19.5 Å². The summed E-state index contributed by atoms with van der Waals surface area (Å²) in [6.07, 6.45) is 0.696. The lowest BCUT2D eigenvalue weighted by atomic mass is 10.0. The smallest absolute Gasteiger partial charge is 0.320 e. The maximum Gasteiger partial charge on any atom is 0.326 e. The SMILES string of the molecule is CNCC[C@@H](c1ccccc1)N1c2ccccc2N(C)S1(=O)=O.S. The molecule has 0 radical (unpaired) electrons. The number of fused-ring (bicyclic) bond motifs is 1. The fourth-order valence-corrected chi connectivity index (χ4v) is 4.62. The fraction of sp³-hybridized carbons (Fsp3) is 0.294. The van der Waals surface area contributed by atoms with Gasteiger partial charge in [0.05, 0.1) is 17.4 Å². The van der Waals surface area contributed by atoms with E-state index < -0.39 is 10.2 Å². The van der Waals surface area contributed by atoms with Gasteiger partial charge in [0.2, 0.25) is 0 Å². The van der Waals surface area contributed by atoms with Gasteiger partial charge in [-0.3, -0.25) is 4.31 Å². The summed E-state index contributed by atoms with van der Waals surface area (Å²) in [7, 11) is -0.0828. The van der Waals surface area contributed by atoms with Gasteiger partial charge in [0.15, 0.2) is 0 Å². The number of hydrogen-bond acceptors (Lipinski definition) is 3. The first-order valence-corrected chi connectivity index (χ1v) is 9.04. The first-order chi connectivity index (χ1) is 11.1. The molecule has 0 saturated carbocycles. The van der Waals surface area contributed by atoms with E-state index in [0.29, 0.717) is 6.42 Å². The van der Waals surface area contributed by atoms with Crippen molar-refractivity contribution in [1.29, 1.82) is 0 Å². The molecule has 24 heavy (non-hydrogen) atoms. The van der Waals surface area contributed by atoms with Gasteiger partial charge < -0.3 is 5.32 Å². The van der Waals surface area contributed by atoms with Crippen LogP contribution in [0.15, 0.2) is 54.6 Å². The Morgan fingerprint density at radius 2 is 1.58 bits per heavy atom. The molecule has 130 valence electrons. The van der Waals surface area contributed by atoms with Gasteiger partial charge >= 0.3 is 10.2 Å². The zero-order valence-electron chi connectivity index (χ0n) is 13.8. The fourth-order valence-electron chi connectivity index (χ4n) is 3.00. The minimum atomic E-state index is -3.56.